The second-order valence-electron chi connectivity index (χ2n) is 9.27. The summed E-state index contributed by atoms with van der Waals surface area (Å²) in [5.74, 6) is 1.69. The van der Waals surface area contributed by atoms with Gasteiger partial charge in [0.2, 0.25) is 0 Å². The number of aromatic amines is 1. The predicted octanol–water partition coefficient (Wildman–Crippen LogP) is 4.21. The number of ether oxygens (including phenoxy) is 3. The van der Waals surface area contributed by atoms with Gasteiger partial charge in [0.25, 0.3) is 0 Å². The highest BCUT2D eigenvalue weighted by atomic mass is 35.5. The molecule has 0 spiro atoms. The van der Waals surface area contributed by atoms with Crippen LogP contribution in [0.1, 0.15) is 30.1 Å². The number of para-hydroxylation sites is 1. The summed E-state index contributed by atoms with van der Waals surface area (Å²) >= 11 is 6.62. The van der Waals surface area contributed by atoms with Gasteiger partial charge in [-0.15, -0.1) is 0 Å². The van der Waals surface area contributed by atoms with Crippen molar-refractivity contribution in [2.75, 3.05) is 25.6 Å². The molecular formula is C27H29ClN4O5. The number of allylic oxidation sites excluding steroid dienone is 4. The average molecular weight is 525 g/mol. The van der Waals surface area contributed by atoms with Gasteiger partial charge in [0.05, 0.1) is 47.4 Å². The molecule has 2 aliphatic rings. The van der Waals surface area contributed by atoms with Gasteiger partial charge >= 0.3 is 0 Å². The Morgan fingerprint density at radius 1 is 1.30 bits per heavy atom. The largest absolute Gasteiger partial charge is 0.461 e. The van der Waals surface area contributed by atoms with E-state index in [0.29, 0.717) is 58.2 Å². The predicted molar refractivity (Wildman–Crippen MR) is 140 cm³/mol. The van der Waals surface area contributed by atoms with Crippen LogP contribution in [0.25, 0.3) is 11.0 Å². The van der Waals surface area contributed by atoms with E-state index in [4.69, 9.17) is 25.8 Å². The van der Waals surface area contributed by atoms with Crippen LogP contribution in [0.2, 0.25) is 0 Å². The Bertz CT molecular complexity index is 1340. The van der Waals surface area contributed by atoms with Gasteiger partial charge in [0, 0.05) is 31.2 Å². The zero-order valence-corrected chi connectivity index (χ0v) is 21.4. The number of rotatable bonds is 8. The van der Waals surface area contributed by atoms with Gasteiger partial charge in [0.1, 0.15) is 29.3 Å². The normalized spacial score (nSPS) is 24.2. The number of nitrogens with one attached hydrogen (secondary N) is 2. The molecule has 4 atom stereocenters. The monoisotopic (exact) mass is 524 g/mol. The molecule has 3 N–H and O–H groups in total. The van der Waals surface area contributed by atoms with Gasteiger partial charge in [-0.05, 0) is 24.6 Å². The number of carbonyl (C=O) groups excluding carboxylic acids is 1. The first-order chi connectivity index (χ1) is 18.0. The van der Waals surface area contributed by atoms with Gasteiger partial charge in [-0.25, -0.2) is 9.97 Å². The molecule has 1 aliphatic heterocycles. The van der Waals surface area contributed by atoms with Crippen LogP contribution in [0.4, 0.5) is 5.82 Å². The third kappa shape index (κ3) is 5.26. The average Bonchev–Trinajstić information content (AvgIpc) is 3.36. The molecule has 10 heteroatoms. The molecule has 5 rings (SSSR count). The minimum atomic E-state index is -0.274. The fraction of sp³-hybridized carbons (Fsp3) is 0.370. The summed E-state index contributed by atoms with van der Waals surface area (Å²) in [6.45, 7) is 2.26. The summed E-state index contributed by atoms with van der Waals surface area (Å²) in [5, 5.41) is 13.8. The molecule has 0 amide bonds. The number of fused-ring (bicyclic) bond motifs is 1. The van der Waals surface area contributed by atoms with Crippen molar-refractivity contribution in [2.45, 2.75) is 38.0 Å². The number of ketones is 1. The number of aromatic nitrogens is 3. The van der Waals surface area contributed by atoms with E-state index in [9.17, 15) is 9.90 Å². The first kappa shape index (κ1) is 25.4. The summed E-state index contributed by atoms with van der Waals surface area (Å²) in [6, 6.07) is 9.26. The standard InChI is InChI=1S/C27H29ClN4O5/c1-15-8-18(20(28)10-22(15)37-16-6-4-3-5-7-16)25(34)19-11-29-26-24(19)27(31-14-30-26)32-21-13-36-17(12-33)9-23(21)35-2/h3-7,10-11,14-15,17,21,23,33H,8-9,12-13H2,1-2H3,(H2,29,30,31,32)/t15?,17-,21-,23-/m0/s1. The van der Waals surface area contributed by atoms with E-state index in [0.717, 1.165) is 5.75 Å². The molecule has 1 aliphatic carbocycles. The molecule has 2 aromatic heterocycles. The zero-order valence-electron chi connectivity index (χ0n) is 20.6. The fourth-order valence-electron chi connectivity index (χ4n) is 4.76. The summed E-state index contributed by atoms with van der Waals surface area (Å²) in [4.78, 5) is 25.6. The molecule has 1 aromatic carbocycles. The van der Waals surface area contributed by atoms with Crippen molar-refractivity contribution in [1.82, 2.24) is 15.0 Å². The molecule has 37 heavy (non-hydrogen) atoms. The van der Waals surface area contributed by atoms with Crippen LogP contribution in [0, 0.1) is 5.92 Å². The Hall–Kier alpha value is -3.24. The number of anilines is 1. The quantitative estimate of drug-likeness (QED) is 0.375. The number of halogens is 1. The Kier molecular flexibility index (Phi) is 7.57. The van der Waals surface area contributed by atoms with E-state index < -0.39 is 0 Å². The SMILES string of the molecule is CO[C@H]1C[C@@H](CO)OC[C@@H]1Nc1ncnc2[nH]cc(C(=O)C3=C(Cl)C=C(Oc4ccccc4)C(C)C3)c12. The molecule has 194 valence electrons. The Labute approximate surface area is 219 Å². The van der Waals surface area contributed by atoms with E-state index in [1.165, 1.54) is 6.33 Å². The van der Waals surface area contributed by atoms with Gasteiger partial charge in [-0.2, -0.15) is 0 Å². The van der Waals surface area contributed by atoms with Crippen molar-refractivity contribution in [1.29, 1.82) is 0 Å². The molecule has 3 heterocycles. The number of hydrogen-bond donors (Lipinski definition) is 3. The van der Waals surface area contributed by atoms with Crippen molar-refractivity contribution in [2.24, 2.45) is 5.92 Å². The van der Waals surface area contributed by atoms with Gasteiger partial charge in [0.15, 0.2) is 5.78 Å². The lowest BCUT2D eigenvalue weighted by molar-refractivity contribution is -0.0831. The summed E-state index contributed by atoms with van der Waals surface area (Å²) in [6.07, 6.45) is 5.30. The number of nitrogens with zero attached hydrogens (tertiary/aromatic N) is 2. The zero-order chi connectivity index (χ0) is 25.9. The van der Waals surface area contributed by atoms with Crippen LogP contribution in [-0.4, -0.2) is 64.4 Å². The van der Waals surface area contributed by atoms with E-state index in [-0.39, 0.29) is 36.6 Å². The first-order valence-electron chi connectivity index (χ1n) is 12.2. The van der Waals surface area contributed by atoms with E-state index in [1.807, 2.05) is 37.3 Å². The first-order valence-corrected chi connectivity index (χ1v) is 12.6. The van der Waals surface area contributed by atoms with Crippen LogP contribution in [0.15, 0.2) is 65.3 Å². The minimum absolute atomic E-state index is 0.0398. The third-order valence-electron chi connectivity index (χ3n) is 6.80. The number of aliphatic hydroxyl groups excluding tert-OH is 1. The topological polar surface area (TPSA) is 119 Å². The van der Waals surface area contributed by atoms with Crippen LogP contribution in [0.5, 0.6) is 5.75 Å². The molecular weight excluding hydrogens is 496 g/mol. The number of methoxy groups -OCH3 is 1. The number of aliphatic hydroxyl groups is 1. The molecule has 3 aromatic rings. The summed E-state index contributed by atoms with van der Waals surface area (Å²) < 4.78 is 17.4. The number of benzene rings is 1. The van der Waals surface area contributed by atoms with Crippen molar-refractivity contribution in [3.8, 4) is 5.75 Å². The van der Waals surface area contributed by atoms with Crippen LogP contribution in [-0.2, 0) is 9.47 Å². The summed E-state index contributed by atoms with van der Waals surface area (Å²) in [5.41, 5.74) is 1.47. The highest BCUT2D eigenvalue weighted by Gasteiger charge is 2.33. The lowest BCUT2D eigenvalue weighted by atomic mass is 9.89. The van der Waals surface area contributed by atoms with Gasteiger partial charge in [-0.1, -0.05) is 36.7 Å². The van der Waals surface area contributed by atoms with Crippen molar-refractivity contribution in [3.63, 3.8) is 0 Å². The van der Waals surface area contributed by atoms with Crippen molar-refractivity contribution in [3.05, 3.63) is 70.9 Å². The molecule has 0 saturated carbocycles. The third-order valence-corrected chi connectivity index (χ3v) is 7.14. The molecule has 1 unspecified atom stereocenters. The lowest BCUT2D eigenvalue weighted by Crippen LogP contribution is -2.47. The minimum Gasteiger partial charge on any atom is -0.461 e. The van der Waals surface area contributed by atoms with Crippen molar-refractivity contribution >= 4 is 34.2 Å². The van der Waals surface area contributed by atoms with Gasteiger partial charge in [-0.3, -0.25) is 4.79 Å². The Morgan fingerprint density at radius 2 is 2.11 bits per heavy atom. The second kappa shape index (κ2) is 11.0. The van der Waals surface area contributed by atoms with Gasteiger partial charge < -0.3 is 29.6 Å². The Balaban J connectivity index is 1.43. The maximum atomic E-state index is 13.7. The molecule has 0 radical (unpaired) electrons. The van der Waals surface area contributed by atoms with Crippen LogP contribution < -0.4 is 10.1 Å². The highest BCUT2D eigenvalue weighted by molar-refractivity contribution is 6.35. The van der Waals surface area contributed by atoms with Crippen molar-refractivity contribution < 1.29 is 24.1 Å². The second-order valence-corrected chi connectivity index (χ2v) is 9.68. The number of H-pyrrole nitrogens is 1. The smallest absolute Gasteiger partial charge is 0.192 e. The number of hydrogen-bond acceptors (Lipinski definition) is 8. The molecule has 1 fully saturated rings. The Morgan fingerprint density at radius 3 is 2.86 bits per heavy atom. The van der Waals surface area contributed by atoms with Crippen LogP contribution in [0.3, 0.4) is 0 Å². The fourth-order valence-corrected chi connectivity index (χ4v) is 5.04. The maximum Gasteiger partial charge on any atom is 0.192 e. The number of carbonyl (C=O) groups is 1. The van der Waals surface area contributed by atoms with E-state index in [1.54, 1.807) is 19.4 Å². The van der Waals surface area contributed by atoms with Crippen LogP contribution >= 0.6 is 11.6 Å². The summed E-state index contributed by atoms with van der Waals surface area (Å²) in [7, 11) is 1.63. The number of Topliss-reactive ketones (excluding diaryl/α,β-unsaturated/α-hetero) is 1. The highest BCUT2D eigenvalue weighted by Crippen LogP contribution is 2.36. The molecule has 0 bridgehead atoms. The van der Waals surface area contributed by atoms with E-state index in [2.05, 4.69) is 20.3 Å². The van der Waals surface area contributed by atoms with E-state index >= 15 is 0 Å². The molecule has 9 nitrogen and oxygen atoms in total. The molecule has 1 saturated heterocycles. The lowest BCUT2D eigenvalue weighted by Gasteiger charge is -2.35. The maximum absolute atomic E-state index is 13.7.